The van der Waals surface area contributed by atoms with Crippen LogP contribution in [0.4, 0.5) is 0 Å². The van der Waals surface area contributed by atoms with Gasteiger partial charge >= 0.3 is 0 Å². The summed E-state index contributed by atoms with van der Waals surface area (Å²) < 4.78 is 11.1. The van der Waals surface area contributed by atoms with Gasteiger partial charge in [0.2, 0.25) is 0 Å². The molecule has 1 saturated heterocycles. The first-order valence-electron chi connectivity index (χ1n) is 8.11. The van der Waals surface area contributed by atoms with E-state index in [0.29, 0.717) is 31.8 Å². The van der Waals surface area contributed by atoms with Crippen molar-refractivity contribution in [1.82, 2.24) is 5.32 Å². The zero-order valence-corrected chi connectivity index (χ0v) is 13.2. The van der Waals surface area contributed by atoms with Crippen molar-refractivity contribution in [3.05, 3.63) is 35.9 Å². The van der Waals surface area contributed by atoms with Crippen LogP contribution in [0.2, 0.25) is 0 Å². The summed E-state index contributed by atoms with van der Waals surface area (Å²) in [6, 6.07) is 10.3. The van der Waals surface area contributed by atoms with Crippen molar-refractivity contribution in [2.45, 2.75) is 31.8 Å². The highest BCUT2D eigenvalue weighted by molar-refractivity contribution is 5.77. The Hall–Kier alpha value is -1.59. The first-order valence-corrected chi connectivity index (χ1v) is 8.11. The number of hydrogen-bond acceptors (Lipinski definition) is 3. The summed E-state index contributed by atoms with van der Waals surface area (Å²) in [4.78, 5) is 4.30. The van der Waals surface area contributed by atoms with E-state index in [1.54, 1.807) is 0 Å². The Labute approximate surface area is 132 Å². The van der Waals surface area contributed by atoms with Gasteiger partial charge in [0.15, 0.2) is 5.96 Å². The molecule has 3 N–H and O–H groups in total. The first-order chi connectivity index (χ1) is 10.8. The van der Waals surface area contributed by atoms with E-state index in [-0.39, 0.29) is 0 Å². The van der Waals surface area contributed by atoms with Gasteiger partial charge in [-0.25, -0.2) is 0 Å². The van der Waals surface area contributed by atoms with E-state index in [4.69, 9.17) is 15.2 Å². The molecule has 22 heavy (non-hydrogen) atoms. The van der Waals surface area contributed by atoms with Crippen molar-refractivity contribution < 1.29 is 9.47 Å². The lowest BCUT2D eigenvalue weighted by atomic mass is 10.1. The average Bonchev–Trinajstić information content (AvgIpc) is 3.05. The Bertz CT molecular complexity index is 431. The molecule has 0 spiro atoms. The van der Waals surface area contributed by atoms with Crippen LogP contribution < -0.4 is 11.1 Å². The predicted octanol–water partition coefficient (Wildman–Crippen LogP) is 1.72. The van der Waals surface area contributed by atoms with E-state index in [2.05, 4.69) is 22.4 Å². The van der Waals surface area contributed by atoms with Crippen molar-refractivity contribution in [2.75, 3.05) is 32.9 Å². The highest BCUT2D eigenvalue weighted by Crippen LogP contribution is 2.11. The Balaban J connectivity index is 1.46. The van der Waals surface area contributed by atoms with Crippen molar-refractivity contribution in [2.24, 2.45) is 10.7 Å². The van der Waals surface area contributed by atoms with Crippen LogP contribution in [0.15, 0.2) is 35.3 Å². The molecule has 0 amide bonds. The largest absolute Gasteiger partial charge is 0.379 e. The molecule has 0 bridgehead atoms. The van der Waals surface area contributed by atoms with Crippen molar-refractivity contribution in [3.8, 4) is 0 Å². The fourth-order valence-electron chi connectivity index (χ4n) is 2.39. The number of benzene rings is 1. The summed E-state index contributed by atoms with van der Waals surface area (Å²) in [5.74, 6) is 0.509. The molecular weight excluding hydrogens is 278 g/mol. The number of ether oxygens (including phenoxy) is 2. The van der Waals surface area contributed by atoms with E-state index in [1.807, 2.05) is 18.2 Å². The Morgan fingerprint density at radius 2 is 2.23 bits per heavy atom. The molecule has 0 aliphatic carbocycles. The number of nitrogens with one attached hydrogen (secondary N) is 1. The molecule has 1 aliphatic heterocycles. The maximum atomic E-state index is 5.83. The Morgan fingerprint density at radius 3 is 3.00 bits per heavy atom. The smallest absolute Gasteiger partial charge is 0.188 e. The molecule has 122 valence electrons. The van der Waals surface area contributed by atoms with E-state index in [9.17, 15) is 0 Å². The third-order valence-corrected chi connectivity index (χ3v) is 3.62. The van der Waals surface area contributed by atoms with Crippen molar-refractivity contribution >= 4 is 5.96 Å². The molecule has 1 aliphatic rings. The number of nitrogens with zero attached hydrogens (tertiary/aromatic N) is 1. The molecule has 1 fully saturated rings. The van der Waals surface area contributed by atoms with Crippen LogP contribution in [0.1, 0.15) is 24.8 Å². The molecule has 0 radical (unpaired) electrons. The molecule has 0 aromatic heterocycles. The minimum Gasteiger partial charge on any atom is -0.379 e. The first kappa shape index (κ1) is 16.8. The SMILES string of the molecule is NC(=NCCCOCC1CCCO1)NCCc1ccccc1. The van der Waals surface area contributed by atoms with Gasteiger partial charge in [-0.1, -0.05) is 30.3 Å². The standard InChI is InChI=1S/C17H27N3O2/c18-17(20-11-9-15-6-2-1-3-7-15)19-10-5-12-21-14-16-8-4-13-22-16/h1-3,6-7,16H,4-5,8-14H2,(H3,18,19,20). The van der Waals surface area contributed by atoms with Gasteiger partial charge < -0.3 is 20.5 Å². The van der Waals surface area contributed by atoms with Gasteiger partial charge in [-0.2, -0.15) is 0 Å². The van der Waals surface area contributed by atoms with Gasteiger partial charge in [0.1, 0.15) is 0 Å². The van der Waals surface area contributed by atoms with Crippen molar-refractivity contribution in [1.29, 1.82) is 0 Å². The van der Waals surface area contributed by atoms with Crippen LogP contribution in [0, 0.1) is 0 Å². The molecule has 1 heterocycles. The lowest BCUT2D eigenvalue weighted by Crippen LogP contribution is -2.33. The molecule has 2 rings (SSSR count). The van der Waals surface area contributed by atoms with Crippen LogP contribution in [-0.2, 0) is 15.9 Å². The Kier molecular flexibility index (Phi) is 7.77. The van der Waals surface area contributed by atoms with Crippen LogP contribution >= 0.6 is 0 Å². The zero-order chi connectivity index (χ0) is 15.5. The fraction of sp³-hybridized carbons (Fsp3) is 0.588. The third kappa shape index (κ3) is 6.91. The summed E-state index contributed by atoms with van der Waals surface area (Å²) in [6.07, 6.45) is 4.41. The van der Waals surface area contributed by atoms with Gasteiger partial charge in [-0.05, 0) is 31.2 Å². The second-order valence-electron chi connectivity index (χ2n) is 5.49. The predicted molar refractivity (Wildman–Crippen MR) is 89.0 cm³/mol. The highest BCUT2D eigenvalue weighted by Gasteiger charge is 2.14. The Morgan fingerprint density at radius 1 is 1.36 bits per heavy atom. The second kappa shape index (κ2) is 10.2. The summed E-state index contributed by atoms with van der Waals surface area (Å²) in [6.45, 7) is 3.78. The number of guanidine groups is 1. The number of rotatable bonds is 9. The lowest BCUT2D eigenvalue weighted by molar-refractivity contribution is 0.0171. The fourth-order valence-corrected chi connectivity index (χ4v) is 2.39. The summed E-state index contributed by atoms with van der Waals surface area (Å²) >= 11 is 0. The summed E-state index contributed by atoms with van der Waals surface area (Å²) in [7, 11) is 0. The highest BCUT2D eigenvalue weighted by atomic mass is 16.5. The summed E-state index contributed by atoms with van der Waals surface area (Å²) in [5.41, 5.74) is 7.13. The van der Waals surface area contributed by atoms with Gasteiger partial charge in [-0.15, -0.1) is 0 Å². The molecule has 0 saturated carbocycles. The summed E-state index contributed by atoms with van der Waals surface area (Å²) in [5, 5.41) is 3.13. The van der Waals surface area contributed by atoms with Gasteiger partial charge in [0, 0.05) is 26.3 Å². The minimum absolute atomic E-state index is 0.299. The van der Waals surface area contributed by atoms with E-state index in [1.165, 1.54) is 5.56 Å². The normalized spacial score (nSPS) is 18.5. The monoisotopic (exact) mass is 305 g/mol. The minimum atomic E-state index is 0.299. The quantitative estimate of drug-likeness (QED) is 0.414. The van der Waals surface area contributed by atoms with Crippen LogP contribution in [0.3, 0.4) is 0 Å². The average molecular weight is 305 g/mol. The van der Waals surface area contributed by atoms with Crippen LogP contribution in [0.25, 0.3) is 0 Å². The molecule has 1 atom stereocenters. The maximum absolute atomic E-state index is 5.83. The van der Waals surface area contributed by atoms with Gasteiger partial charge in [-0.3, -0.25) is 4.99 Å². The van der Waals surface area contributed by atoms with E-state index >= 15 is 0 Å². The van der Waals surface area contributed by atoms with Gasteiger partial charge in [0.25, 0.3) is 0 Å². The van der Waals surface area contributed by atoms with Crippen LogP contribution in [-0.4, -0.2) is 45.0 Å². The molecule has 1 aromatic rings. The number of hydrogen-bond donors (Lipinski definition) is 2. The zero-order valence-electron chi connectivity index (χ0n) is 13.2. The molecule has 1 unspecified atom stereocenters. The maximum Gasteiger partial charge on any atom is 0.188 e. The van der Waals surface area contributed by atoms with Gasteiger partial charge in [0.05, 0.1) is 12.7 Å². The second-order valence-corrected chi connectivity index (χ2v) is 5.49. The molecule has 1 aromatic carbocycles. The third-order valence-electron chi connectivity index (χ3n) is 3.62. The lowest BCUT2D eigenvalue weighted by Gasteiger charge is -2.09. The number of aliphatic imine (C=N–C) groups is 1. The van der Waals surface area contributed by atoms with E-state index < -0.39 is 0 Å². The molecular formula is C17H27N3O2. The van der Waals surface area contributed by atoms with Crippen LogP contribution in [0.5, 0.6) is 0 Å². The molecule has 5 heteroatoms. The van der Waals surface area contributed by atoms with Crippen molar-refractivity contribution in [3.63, 3.8) is 0 Å². The topological polar surface area (TPSA) is 68.9 Å². The number of nitrogens with two attached hydrogens (primary N) is 1. The van der Waals surface area contributed by atoms with E-state index in [0.717, 1.165) is 38.8 Å². The molecule has 5 nitrogen and oxygen atoms in total.